The van der Waals surface area contributed by atoms with Crippen LogP contribution in [0.3, 0.4) is 0 Å². The van der Waals surface area contributed by atoms with Gasteiger partial charge in [-0.15, -0.1) is 11.3 Å². The van der Waals surface area contributed by atoms with Gasteiger partial charge in [-0.3, -0.25) is 0 Å². The Bertz CT molecular complexity index is 347. The van der Waals surface area contributed by atoms with E-state index < -0.39 is 0 Å². The van der Waals surface area contributed by atoms with Crippen molar-refractivity contribution in [1.82, 2.24) is 4.98 Å². The molecule has 82 valence electrons. The summed E-state index contributed by atoms with van der Waals surface area (Å²) in [5, 5.41) is 1.15. The van der Waals surface area contributed by atoms with Gasteiger partial charge in [-0.2, -0.15) is 0 Å². The standard InChI is InChI=1S/C11H16N2OS/c12-11(4-6-14-7-5-11)10-13-8-2-1-3-9(8)15-10/h1-7,12H2. The number of rotatable bonds is 1. The maximum absolute atomic E-state index is 6.41. The molecule has 2 N–H and O–H groups in total. The molecule has 2 heterocycles. The first-order valence-electron chi connectivity index (χ1n) is 5.64. The summed E-state index contributed by atoms with van der Waals surface area (Å²) in [4.78, 5) is 6.20. The van der Waals surface area contributed by atoms with Crippen LogP contribution in [-0.2, 0) is 23.1 Å². The number of ether oxygens (including phenoxy) is 1. The predicted octanol–water partition coefficient (Wildman–Crippen LogP) is 1.60. The smallest absolute Gasteiger partial charge is 0.113 e. The number of aryl methyl sites for hydroxylation is 2. The summed E-state index contributed by atoms with van der Waals surface area (Å²) < 4.78 is 5.36. The highest BCUT2D eigenvalue weighted by Crippen LogP contribution is 2.36. The average Bonchev–Trinajstić information content (AvgIpc) is 2.77. The molecule has 1 saturated heterocycles. The Labute approximate surface area is 93.7 Å². The molecule has 0 bridgehead atoms. The van der Waals surface area contributed by atoms with E-state index in [0.29, 0.717) is 0 Å². The zero-order valence-electron chi connectivity index (χ0n) is 8.79. The van der Waals surface area contributed by atoms with Crippen LogP contribution in [0.1, 0.15) is 34.8 Å². The Morgan fingerprint density at radius 2 is 2.07 bits per heavy atom. The molecule has 0 aromatic carbocycles. The molecule has 0 atom stereocenters. The van der Waals surface area contributed by atoms with E-state index in [-0.39, 0.29) is 5.54 Å². The van der Waals surface area contributed by atoms with Gasteiger partial charge in [0.05, 0.1) is 11.2 Å². The van der Waals surface area contributed by atoms with E-state index in [0.717, 1.165) is 37.5 Å². The quantitative estimate of drug-likeness (QED) is 0.788. The first kappa shape index (κ1) is 9.75. The Morgan fingerprint density at radius 1 is 1.27 bits per heavy atom. The Morgan fingerprint density at radius 3 is 2.80 bits per heavy atom. The van der Waals surface area contributed by atoms with E-state index >= 15 is 0 Å². The van der Waals surface area contributed by atoms with Crippen LogP contribution >= 0.6 is 11.3 Å². The second-order valence-electron chi connectivity index (χ2n) is 4.51. The van der Waals surface area contributed by atoms with Gasteiger partial charge in [-0.25, -0.2) is 4.98 Å². The van der Waals surface area contributed by atoms with Crippen molar-refractivity contribution in [3.63, 3.8) is 0 Å². The lowest BCUT2D eigenvalue weighted by molar-refractivity contribution is 0.0521. The molecule has 0 spiro atoms. The van der Waals surface area contributed by atoms with E-state index in [4.69, 9.17) is 15.5 Å². The molecule has 1 aliphatic carbocycles. The first-order valence-corrected chi connectivity index (χ1v) is 6.45. The summed E-state index contributed by atoms with van der Waals surface area (Å²) in [6.07, 6.45) is 5.46. The van der Waals surface area contributed by atoms with Gasteiger partial charge in [0.15, 0.2) is 0 Å². The van der Waals surface area contributed by atoms with Crippen molar-refractivity contribution in [1.29, 1.82) is 0 Å². The fourth-order valence-electron chi connectivity index (χ4n) is 2.35. The van der Waals surface area contributed by atoms with Gasteiger partial charge < -0.3 is 10.5 Å². The second kappa shape index (κ2) is 3.54. The fourth-order valence-corrected chi connectivity index (χ4v) is 3.66. The second-order valence-corrected chi connectivity index (χ2v) is 5.59. The number of hydrogen-bond acceptors (Lipinski definition) is 4. The van der Waals surface area contributed by atoms with Crippen molar-refractivity contribution in [3.8, 4) is 0 Å². The van der Waals surface area contributed by atoms with Crippen LogP contribution in [0, 0.1) is 0 Å². The summed E-state index contributed by atoms with van der Waals surface area (Å²) in [6.45, 7) is 1.56. The van der Waals surface area contributed by atoms with Gasteiger partial charge in [-0.05, 0) is 32.1 Å². The monoisotopic (exact) mass is 224 g/mol. The van der Waals surface area contributed by atoms with E-state index in [9.17, 15) is 0 Å². The van der Waals surface area contributed by atoms with Crippen LogP contribution in [-0.4, -0.2) is 18.2 Å². The first-order chi connectivity index (χ1) is 7.28. The SMILES string of the molecule is NC1(c2nc3c(s2)CCC3)CCOCC1. The van der Waals surface area contributed by atoms with Gasteiger partial charge in [0.1, 0.15) is 5.01 Å². The van der Waals surface area contributed by atoms with Crippen LogP contribution < -0.4 is 5.73 Å². The molecule has 3 nitrogen and oxygen atoms in total. The van der Waals surface area contributed by atoms with Gasteiger partial charge >= 0.3 is 0 Å². The molecule has 0 amide bonds. The molecule has 15 heavy (non-hydrogen) atoms. The number of fused-ring (bicyclic) bond motifs is 1. The molecule has 0 radical (unpaired) electrons. The summed E-state index contributed by atoms with van der Waals surface area (Å²) in [5.74, 6) is 0. The molecule has 3 rings (SSSR count). The number of nitrogens with two attached hydrogens (primary N) is 1. The van der Waals surface area contributed by atoms with E-state index in [1.54, 1.807) is 0 Å². The lowest BCUT2D eigenvalue weighted by atomic mass is 9.92. The summed E-state index contributed by atoms with van der Waals surface area (Å²) in [5.41, 5.74) is 7.52. The number of thiazole rings is 1. The third-order valence-corrected chi connectivity index (χ3v) is 4.78. The van der Waals surface area contributed by atoms with Crippen molar-refractivity contribution < 1.29 is 4.74 Å². The zero-order valence-corrected chi connectivity index (χ0v) is 9.61. The van der Waals surface area contributed by atoms with Crippen molar-refractivity contribution >= 4 is 11.3 Å². The van der Waals surface area contributed by atoms with Gasteiger partial charge in [0.2, 0.25) is 0 Å². The molecular weight excluding hydrogens is 208 g/mol. The molecule has 1 aliphatic heterocycles. The third-order valence-electron chi connectivity index (χ3n) is 3.41. The van der Waals surface area contributed by atoms with E-state index in [1.807, 2.05) is 11.3 Å². The Hall–Kier alpha value is -0.450. The van der Waals surface area contributed by atoms with Crippen LogP contribution in [0.15, 0.2) is 0 Å². The van der Waals surface area contributed by atoms with E-state index in [1.165, 1.54) is 23.4 Å². The highest BCUT2D eigenvalue weighted by molar-refractivity contribution is 7.12. The van der Waals surface area contributed by atoms with Crippen LogP contribution in [0.5, 0.6) is 0 Å². The molecule has 1 aromatic rings. The van der Waals surface area contributed by atoms with Gasteiger partial charge in [0, 0.05) is 18.1 Å². The summed E-state index contributed by atoms with van der Waals surface area (Å²) in [6, 6.07) is 0. The lowest BCUT2D eigenvalue weighted by Gasteiger charge is -2.31. The van der Waals surface area contributed by atoms with Crippen LogP contribution in [0.4, 0.5) is 0 Å². The maximum Gasteiger partial charge on any atom is 0.113 e. The minimum absolute atomic E-state index is 0.201. The number of nitrogens with zero attached hydrogens (tertiary/aromatic N) is 1. The minimum atomic E-state index is -0.201. The maximum atomic E-state index is 6.41. The number of hydrogen-bond donors (Lipinski definition) is 1. The molecule has 4 heteroatoms. The Kier molecular flexibility index (Phi) is 2.30. The average molecular weight is 224 g/mol. The highest BCUT2D eigenvalue weighted by atomic mass is 32.1. The van der Waals surface area contributed by atoms with Crippen LogP contribution in [0.25, 0.3) is 0 Å². The molecule has 1 aromatic heterocycles. The minimum Gasteiger partial charge on any atom is -0.381 e. The molecule has 0 saturated carbocycles. The van der Waals surface area contributed by atoms with Crippen molar-refractivity contribution in [3.05, 3.63) is 15.6 Å². The normalized spacial score (nSPS) is 24.1. The molecule has 1 fully saturated rings. The number of aromatic nitrogens is 1. The molecule has 0 unspecified atom stereocenters. The topological polar surface area (TPSA) is 48.1 Å². The lowest BCUT2D eigenvalue weighted by Crippen LogP contribution is -2.42. The largest absolute Gasteiger partial charge is 0.381 e. The molecule has 2 aliphatic rings. The summed E-state index contributed by atoms with van der Waals surface area (Å²) >= 11 is 1.84. The van der Waals surface area contributed by atoms with Crippen LogP contribution in [0.2, 0.25) is 0 Å². The zero-order chi connectivity index (χ0) is 10.3. The van der Waals surface area contributed by atoms with Crippen molar-refractivity contribution in [2.75, 3.05) is 13.2 Å². The predicted molar refractivity (Wildman–Crippen MR) is 60.1 cm³/mol. The van der Waals surface area contributed by atoms with Gasteiger partial charge in [-0.1, -0.05) is 0 Å². The van der Waals surface area contributed by atoms with Gasteiger partial charge in [0.25, 0.3) is 0 Å². The third kappa shape index (κ3) is 1.61. The Balaban J connectivity index is 1.91. The van der Waals surface area contributed by atoms with E-state index in [2.05, 4.69) is 0 Å². The van der Waals surface area contributed by atoms with Crippen molar-refractivity contribution in [2.45, 2.75) is 37.6 Å². The fraction of sp³-hybridized carbons (Fsp3) is 0.727. The van der Waals surface area contributed by atoms with Crippen molar-refractivity contribution in [2.24, 2.45) is 5.73 Å². The molecular formula is C11H16N2OS. The highest BCUT2D eigenvalue weighted by Gasteiger charge is 2.34. The summed E-state index contributed by atoms with van der Waals surface area (Å²) in [7, 11) is 0.